The van der Waals surface area contributed by atoms with Gasteiger partial charge in [0.05, 0.1) is 5.02 Å². The molecular formula is C10H7Br2ClN4O. The molecule has 3 N–H and O–H groups in total. The van der Waals surface area contributed by atoms with Gasteiger partial charge in [-0.05, 0) is 34.1 Å². The fourth-order valence-corrected chi connectivity index (χ4v) is 2.30. The molecule has 2 aromatic rings. The average Bonchev–Trinajstić information content (AvgIpc) is 2.35. The van der Waals surface area contributed by atoms with Crippen LogP contribution >= 0.6 is 43.5 Å². The molecule has 1 aromatic heterocycles. The van der Waals surface area contributed by atoms with Gasteiger partial charge in [-0.3, -0.25) is 0 Å². The topological polar surface area (TPSA) is 73.1 Å². The summed E-state index contributed by atoms with van der Waals surface area (Å²) in [5.41, 5.74) is 2.43. The Bertz CT molecular complexity index is 582. The molecule has 1 heterocycles. The van der Waals surface area contributed by atoms with Crippen LogP contribution in [0, 0.1) is 0 Å². The van der Waals surface area contributed by atoms with Crippen LogP contribution in [-0.4, -0.2) is 9.97 Å². The van der Waals surface area contributed by atoms with Crippen molar-refractivity contribution in [3.63, 3.8) is 0 Å². The summed E-state index contributed by atoms with van der Waals surface area (Å²) in [6, 6.07) is 5.28. The molecule has 0 spiro atoms. The number of hydrogen-bond acceptors (Lipinski definition) is 5. The van der Waals surface area contributed by atoms with Gasteiger partial charge in [0.2, 0.25) is 5.88 Å². The van der Waals surface area contributed by atoms with E-state index in [-0.39, 0.29) is 0 Å². The van der Waals surface area contributed by atoms with E-state index >= 15 is 0 Å². The number of ether oxygens (including phenoxy) is 1. The summed E-state index contributed by atoms with van der Waals surface area (Å²) in [6.07, 6.45) is 1.34. The number of nitrogens with one attached hydrogen (secondary N) is 1. The first-order valence-corrected chi connectivity index (χ1v) is 6.68. The second kappa shape index (κ2) is 5.83. The fraction of sp³-hybridized carbons (Fsp3) is 0. The quantitative estimate of drug-likeness (QED) is 0.613. The third-order valence-electron chi connectivity index (χ3n) is 1.99. The first kappa shape index (κ1) is 13.5. The average molecular weight is 394 g/mol. The maximum Gasteiger partial charge on any atom is 0.239 e. The predicted octanol–water partition coefficient (Wildman–Crippen LogP) is 3.73. The van der Waals surface area contributed by atoms with Gasteiger partial charge in [0.25, 0.3) is 0 Å². The van der Waals surface area contributed by atoms with Gasteiger partial charge in [0.1, 0.15) is 16.5 Å². The number of aromatic nitrogens is 2. The minimum atomic E-state index is 0.321. The van der Waals surface area contributed by atoms with Gasteiger partial charge in [0.15, 0.2) is 5.82 Å². The molecule has 0 aliphatic rings. The Labute approximate surface area is 125 Å². The summed E-state index contributed by atoms with van der Waals surface area (Å²) in [4.78, 5) is 7.92. The van der Waals surface area contributed by atoms with Crippen molar-refractivity contribution in [3.8, 4) is 11.6 Å². The van der Waals surface area contributed by atoms with Crippen molar-refractivity contribution in [1.82, 2.24) is 9.97 Å². The standard InChI is InChI=1S/C10H7Br2ClN4O/c11-5-1-2-7(6(13)3-5)18-10-8(12)9(17-14)15-4-16-10/h1-4H,14H2,(H,15,16,17). The van der Waals surface area contributed by atoms with Crippen molar-refractivity contribution in [2.45, 2.75) is 0 Å². The monoisotopic (exact) mass is 392 g/mol. The Hall–Kier alpha value is -0.890. The van der Waals surface area contributed by atoms with Crippen LogP contribution in [0.5, 0.6) is 11.6 Å². The minimum Gasteiger partial charge on any atom is -0.436 e. The second-order valence-electron chi connectivity index (χ2n) is 3.16. The Kier molecular flexibility index (Phi) is 4.39. The van der Waals surface area contributed by atoms with E-state index in [0.29, 0.717) is 26.9 Å². The van der Waals surface area contributed by atoms with Crippen LogP contribution in [0.4, 0.5) is 5.82 Å². The van der Waals surface area contributed by atoms with Crippen molar-refractivity contribution in [3.05, 3.63) is 38.5 Å². The molecular weight excluding hydrogens is 387 g/mol. The molecule has 0 aliphatic carbocycles. The van der Waals surface area contributed by atoms with Crippen molar-refractivity contribution in [1.29, 1.82) is 0 Å². The SMILES string of the molecule is NNc1ncnc(Oc2ccc(Br)cc2Cl)c1Br. The van der Waals surface area contributed by atoms with Gasteiger partial charge in [-0.2, -0.15) is 0 Å². The summed E-state index contributed by atoms with van der Waals surface area (Å²) < 4.78 is 6.98. The molecule has 0 fully saturated rings. The molecule has 0 aliphatic heterocycles. The lowest BCUT2D eigenvalue weighted by molar-refractivity contribution is 0.458. The first-order chi connectivity index (χ1) is 8.61. The van der Waals surface area contributed by atoms with Crippen molar-refractivity contribution in [2.75, 3.05) is 5.43 Å². The number of rotatable bonds is 3. The molecule has 0 saturated heterocycles. The number of anilines is 1. The lowest BCUT2D eigenvalue weighted by Gasteiger charge is -2.10. The first-order valence-electron chi connectivity index (χ1n) is 4.72. The molecule has 2 rings (SSSR count). The molecule has 94 valence electrons. The number of halogens is 3. The van der Waals surface area contributed by atoms with Crippen LogP contribution in [0.1, 0.15) is 0 Å². The summed E-state index contributed by atoms with van der Waals surface area (Å²) in [6.45, 7) is 0. The zero-order valence-electron chi connectivity index (χ0n) is 8.82. The third kappa shape index (κ3) is 2.92. The van der Waals surface area contributed by atoms with E-state index in [1.165, 1.54) is 6.33 Å². The highest BCUT2D eigenvalue weighted by Gasteiger charge is 2.11. The molecule has 0 atom stereocenters. The number of nitrogens with two attached hydrogens (primary N) is 1. The molecule has 0 amide bonds. The molecule has 0 radical (unpaired) electrons. The van der Waals surface area contributed by atoms with E-state index in [2.05, 4.69) is 47.3 Å². The smallest absolute Gasteiger partial charge is 0.239 e. The highest BCUT2D eigenvalue weighted by molar-refractivity contribution is 9.11. The largest absolute Gasteiger partial charge is 0.436 e. The Balaban J connectivity index is 2.34. The highest BCUT2D eigenvalue weighted by Crippen LogP contribution is 2.35. The van der Waals surface area contributed by atoms with Crippen LogP contribution in [0.25, 0.3) is 0 Å². The molecule has 1 aromatic carbocycles. The van der Waals surface area contributed by atoms with Gasteiger partial charge in [-0.15, -0.1) is 0 Å². The van der Waals surface area contributed by atoms with Crippen LogP contribution in [0.3, 0.4) is 0 Å². The highest BCUT2D eigenvalue weighted by atomic mass is 79.9. The van der Waals surface area contributed by atoms with Crippen LogP contribution < -0.4 is 16.0 Å². The van der Waals surface area contributed by atoms with Crippen LogP contribution in [0.15, 0.2) is 33.5 Å². The minimum absolute atomic E-state index is 0.321. The summed E-state index contributed by atoms with van der Waals surface area (Å²) in [5.74, 6) is 6.54. The molecule has 0 bridgehead atoms. The van der Waals surface area contributed by atoms with E-state index in [9.17, 15) is 0 Å². The van der Waals surface area contributed by atoms with Crippen LogP contribution in [0.2, 0.25) is 5.02 Å². The van der Waals surface area contributed by atoms with Gasteiger partial charge in [0, 0.05) is 4.47 Å². The van der Waals surface area contributed by atoms with E-state index in [0.717, 1.165) is 4.47 Å². The number of benzene rings is 1. The van der Waals surface area contributed by atoms with Crippen molar-refractivity contribution >= 4 is 49.3 Å². The molecule has 18 heavy (non-hydrogen) atoms. The number of nitrogen functional groups attached to an aromatic ring is 1. The zero-order chi connectivity index (χ0) is 13.1. The maximum absolute atomic E-state index is 6.05. The van der Waals surface area contributed by atoms with Crippen molar-refractivity contribution < 1.29 is 4.74 Å². The van der Waals surface area contributed by atoms with Gasteiger partial charge >= 0.3 is 0 Å². The van der Waals surface area contributed by atoms with Crippen molar-refractivity contribution in [2.24, 2.45) is 5.84 Å². The predicted molar refractivity (Wildman–Crippen MR) is 76.8 cm³/mol. The van der Waals surface area contributed by atoms with E-state index in [1.807, 2.05) is 6.07 Å². The zero-order valence-corrected chi connectivity index (χ0v) is 12.8. The molecule has 8 heteroatoms. The van der Waals surface area contributed by atoms with Gasteiger partial charge in [-0.25, -0.2) is 15.8 Å². The van der Waals surface area contributed by atoms with Crippen LogP contribution in [-0.2, 0) is 0 Å². The Morgan fingerprint density at radius 3 is 2.72 bits per heavy atom. The fourth-order valence-electron chi connectivity index (χ4n) is 1.19. The third-order valence-corrected chi connectivity index (χ3v) is 3.50. The van der Waals surface area contributed by atoms with Gasteiger partial charge in [-0.1, -0.05) is 27.5 Å². The number of hydrogen-bond donors (Lipinski definition) is 2. The van der Waals surface area contributed by atoms with E-state index in [4.69, 9.17) is 22.2 Å². The summed E-state index contributed by atoms with van der Waals surface area (Å²) in [7, 11) is 0. The Morgan fingerprint density at radius 1 is 1.28 bits per heavy atom. The lowest BCUT2D eigenvalue weighted by Crippen LogP contribution is -2.09. The second-order valence-corrected chi connectivity index (χ2v) is 5.28. The molecule has 0 saturated carbocycles. The number of nitrogens with zero attached hydrogens (tertiary/aromatic N) is 2. The molecule has 5 nitrogen and oxygen atoms in total. The summed E-state index contributed by atoms with van der Waals surface area (Å²) >= 11 is 12.7. The number of hydrazine groups is 1. The maximum atomic E-state index is 6.05. The molecule has 0 unspecified atom stereocenters. The lowest BCUT2D eigenvalue weighted by atomic mass is 10.3. The van der Waals surface area contributed by atoms with E-state index < -0.39 is 0 Å². The van der Waals surface area contributed by atoms with Gasteiger partial charge < -0.3 is 10.2 Å². The summed E-state index contributed by atoms with van der Waals surface area (Å²) in [5, 5.41) is 0.470. The normalized spacial score (nSPS) is 10.2. The Morgan fingerprint density at radius 2 is 2.06 bits per heavy atom. The van der Waals surface area contributed by atoms with E-state index in [1.54, 1.807) is 12.1 Å².